The van der Waals surface area contributed by atoms with Crippen molar-refractivity contribution in [3.05, 3.63) is 33.7 Å². The van der Waals surface area contributed by atoms with Gasteiger partial charge in [-0.2, -0.15) is 0 Å². The molecule has 2 heterocycles. The van der Waals surface area contributed by atoms with Gasteiger partial charge < -0.3 is 9.30 Å². The van der Waals surface area contributed by atoms with Gasteiger partial charge in [-0.05, 0) is 6.07 Å². The van der Waals surface area contributed by atoms with Gasteiger partial charge in [-0.25, -0.2) is 0 Å². The first-order valence-electron chi connectivity index (χ1n) is 4.86. The molecule has 2 aromatic heterocycles. The van der Waals surface area contributed by atoms with Crippen molar-refractivity contribution in [3.63, 3.8) is 0 Å². The van der Waals surface area contributed by atoms with Gasteiger partial charge in [0, 0.05) is 13.1 Å². The molecule has 0 unspecified atom stereocenters. The Balaban J connectivity index is 2.78. The summed E-state index contributed by atoms with van der Waals surface area (Å²) in [4.78, 5) is 26.0. The summed E-state index contributed by atoms with van der Waals surface area (Å²) in [7, 11) is 1.59. The smallest absolute Gasteiger partial charge is 0.250 e. The number of aryl methyl sites for hydroxylation is 1. The second kappa shape index (κ2) is 4.55. The molecule has 0 fully saturated rings. The van der Waals surface area contributed by atoms with Gasteiger partial charge in [0.2, 0.25) is 0 Å². The van der Waals surface area contributed by atoms with Crippen LogP contribution in [0.15, 0.2) is 23.1 Å². The SMILES string of the molecule is Cn1c(=O)ccc2ncc(Cl)c(OCC=O)c21. The van der Waals surface area contributed by atoms with Gasteiger partial charge in [-0.3, -0.25) is 14.6 Å². The van der Waals surface area contributed by atoms with E-state index in [0.29, 0.717) is 23.1 Å². The van der Waals surface area contributed by atoms with E-state index in [0.717, 1.165) is 0 Å². The molecule has 0 radical (unpaired) electrons. The van der Waals surface area contributed by atoms with E-state index < -0.39 is 0 Å². The van der Waals surface area contributed by atoms with Crippen molar-refractivity contribution in [2.24, 2.45) is 7.05 Å². The number of rotatable bonds is 3. The van der Waals surface area contributed by atoms with Crippen molar-refractivity contribution in [3.8, 4) is 5.75 Å². The quantitative estimate of drug-likeness (QED) is 0.770. The molecule has 0 aliphatic heterocycles. The Kier molecular flexibility index (Phi) is 3.10. The fourth-order valence-corrected chi connectivity index (χ4v) is 1.74. The zero-order valence-corrected chi connectivity index (χ0v) is 9.77. The minimum atomic E-state index is -0.197. The summed E-state index contributed by atoms with van der Waals surface area (Å²) in [5, 5.41) is 0.264. The first-order chi connectivity index (χ1) is 8.15. The minimum Gasteiger partial charge on any atom is -0.482 e. The Labute approximate surface area is 102 Å². The van der Waals surface area contributed by atoms with Gasteiger partial charge >= 0.3 is 0 Å². The van der Waals surface area contributed by atoms with Crippen LogP contribution in [-0.2, 0) is 11.8 Å². The number of hydrogen-bond donors (Lipinski definition) is 0. The highest BCUT2D eigenvalue weighted by molar-refractivity contribution is 6.32. The van der Waals surface area contributed by atoms with E-state index in [9.17, 15) is 9.59 Å². The highest BCUT2D eigenvalue weighted by Crippen LogP contribution is 2.30. The molecule has 0 aliphatic rings. The Morgan fingerprint density at radius 1 is 1.53 bits per heavy atom. The Bertz CT molecular complexity index is 636. The van der Waals surface area contributed by atoms with Gasteiger partial charge in [-0.15, -0.1) is 0 Å². The molecule has 0 saturated heterocycles. The summed E-state index contributed by atoms with van der Waals surface area (Å²) in [6.07, 6.45) is 2.04. The van der Waals surface area contributed by atoms with Crippen LogP contribution in [0.5, 0.6) is 5.75 Å². The maximum Gasteiger partial charge on any atom is 0.250 e. The molecule has 0 saturated carbocycles. The number of pyridine rings is 2. The summed E-state index contributed by atoms with van der Waals surface area (Å²) in [5.41, 5.74) is 0.863. The standard InChI is InChI=1S/C11H9ClN2O3/c1-14-9(16)3-2-8-10(14)11(17-5-4-15)7(12)6-13-8/h2-4,6H,5H2,1H3. The van der Waals surface area contributed by atoms with Gasteiger partial charge in [0.15, 0.2) is 12.0 Å². The highest BCUT2D eigenvalue weighted by Gasteiger charge is 2.12. The van der Waals surface area contributed by atoms with E-state index in [4.69, 9.17) is 16.3 Å². The van der Waals surface area contributed by atoms with Crippen molar-refractivity contribution >= 4 is 28.9 Å². The molecule has 2 aromatic rings. The number of carbonyl (C=O) groups is 1. The fraction of sp³-hybridized carbons (Fsp3) is 0.182. The second-order valence-electron chi connectivity index (χ2n) is 3.38. The number of ether oxygens (including phenoxy) is 1. The van der Waals surface area contributed by atoms with Crippen LogP contribution < -0.4 is 10.3 Å². The van der Waals surface area contributed by atoms with Gasteiger partial charge in [0.05, 0.1) is 11.7 Å². The predicted molar refractivity (Wildman–Crippen MR) is 63.6 cm³/mol. The predicted octanol–water partition coefficient (Wildman–Crippen LogP) is 1.16. The average molecular weight is 253 g/mol. The molecule has 2 rings (SSSR count). The van der Waals surface area contributed by atoms with Crippen LogP contribution in [0.4, 0.5) is 0 Å². The highest BCUT2D eigenvalue weighted by atomic mass is 35.5. The zero-order chi connectivity index (χ0) is 12.4. The van der Waals surface area contributed by atoms with Gasteiger partial charge in [-0.1, -0.05) is 11.6 Å². The lowest BCUT2D eigenvalue weighted by Crippen LogP contribution is -2.16. The number of aromatic nitrogens is 2. The number of fused-ring (bicyclic) bond motifs is 1. The molecule has 5 nitrogen and oxygen atoms in total. The molecular formula is C11H9ClN2O3. The van der Waals surface area contributed by atoms with Crippen molar-refractivity contribution in [2.75, 3.05) is 6.61 Å². The topological polar surface area (TPSA) is 61.2 Å². The first-order valence-corrected chi connectivity index (χ1v) is 5.23. The monoisotopic (exact) mass is 252 g/mol. The third kappa shape index (κ3) is 2.01. The van der Waals surface area contributed by atoms with Crippen LogP contribution >= 0.6 is 11.6 Å². The van der Waals surface area contributed by atoms with Crippen LogP contribution in [0.1, 0.15) is 0 Å². The van der Waals surface area contributed by atoms with Crippen molar-refractivity contribution in [1.29, 1.82) is 0 Å². The summed E-state index contributed by atoms with van der Waals surface area (Å²) < 4.78 is 6.62. The van der Waals surface area contributed by atoms with E-state index in [1.807, 2.05) is 0 Å². The molecular weight excluding hydrogens is 244 g/mol. The number of aldehydes is 1. The third-order valence-electron chi connectivity index (χ3n) is 2.34. The lowest BCUT2D eigenvalue weighted by molar-refractivity contribution is -0.109. The molecule has 0 aromatic carbocycles. The largest absolute Gasteiger partial charge is 0.482 e. The van der Waals surface area contributed by atoms with Crippen molar-refractivity contribution in [1.82, 2.24) is 9.55 Å². The van der Waals surface area contributed by atoms with E-state index in [-0.39, 0.29) is 17.2 Å². The molecule has 6 heteroatoms. The van der Waals surface area contributed by atoms with E-state index in [1.54, 1.807) is 13.1 Å². The number of halogens is 1. The van der Waals surface area contributed by atoms with Crippen LogP contribution in [0.25, 0.3) is 11.0 Å². The molecule has 0 amide bonds. The normalized spacial score (nSPS) is 10.5. The van der Waals surface area contributed by atoms with E-state index in [2.05, 4.69) is 4.98 Å². The fourth-order valence-electron chi connectivity index (χ4n) is 1.55. The number of nitrogens with zero attached hydrogens (tertiary/aromatic N) is 2. The van der Waals surface area contributed by atoms with Gasteiger partial charge in [0.25, 0.3) is 5.56 Å². The third-order valence-corrected chi connectivity index (χ3v) is 2.61. The van der Waals surface area contributed by atoms with Crippen LogP contribution in [-0.4, -0.2) is 22.4 Å². The molecule has 0 bridgehead atoms. The zero-order valence-electron chi connectivity index (χ0n) is 9.01. The summed E-state index contributed by atoms with van der Waals surface area (Å²) in [6, 6.07) is 2.99. The second-order valence-corrected chi connectivity index (χ2v) is 3.78. The lowest BCUT2D eigenvalue weighted by atomic mass is 10.3. The molecule has 0 atom stereocenters. The Hall–Kier alpha value is -1.88. The maximum atomic E-state index is 11.5. The van der Waals surface area contributed by atoms with Gasteiger partial charge in [0.1, 0.15) is 17.1 Å². The maximum absolute atomic E-state index is 11.5. The lowest BCUT2D eigenvalue weighted by Gasteiger charge is -2.11. The minimum absolute atomic E-state index is 0.123. The van der Waals surface area contributed by atoms with Crippen molar-refractivity contribution < 1.29 is 9.53 Å². The van der Waals surface area contributed by atoms with Crippen LogP contribution in [0.2, 0.25) is 5.02 Å². The molecule has 0 spiro atoms. The molecule has 0 aliphatic carbocycles. The van der Waals surface area contributed by atoms with Crippen molar-refractivity contribution in [2.45, 2.75) is 0 Å². The van der Waals surface area contributed by atoms with E-state index >= 15 is 0 Å². The Morgan fingerprint density at radius 2 is 2.29 bits per heavy atom. The number of carbonyl (C=O) groups excluding carboxylic acids is 1. The first kappa shape index (κ1) is 11.6. The Morgan fingerprint density at radius 3 is 3.00 bits per heavy atom. The molecule has 17 heavy (non-hydrogen) atoms. The average Bonchev–Trinajstić information content (AvgIpc) is 2.33. The summed E-state index contributed by atoms with van der Waals surface area (Å²) in [5.74, 6) is 0.295. The summed E-state index contributed by atoms with van der Waals surface area (Å²) in [6.45, 7) is -0.123. The van der Waals surface area contributed by atoms with Crippen LogP contribution in [0.3, 0.4) is 0 Å². The molecule has 0 N–H and O–H groups in total. The summed E-state index contributed by atoms with van der Waals surface area (Å²) >= 11 is 5.94. The van der Waals surface area contributed by atoms with E-state index in [1.165, 1.54) is 16.8 Å². The van der Waals surface area contributed by atoms with Crippen LogP contribution in [0, 0.1) is 0 Å². The molecule has 88 valence electrons. The number of hydrogen-bond acceptors (Lipinski definition) is 4.